The lowest BCUT2D eigenvalue weighted by Crippen LogP contribution is -2.37. The Morgan fingerprint density at radius 3 is 2.59 bits per heavy atom. The largest absolute Gasteiger partial charge is 0.435 e. The van der Waals surface area contributed by atoms with E-state index in [0.717, 1.165) is 42.9 Å². The number of ether oxygens (including phenoxy) is 1. The molecule has 0 unspecified atom stereocenters. The van der Waals surface area contributed by atoms with E-state index in [9.17, 15) is 13.6 Å². The fourth-order valence-corrected chi connectivity index (χ4v) is 3.09. The molecule has 0 atom stereocenters. The maximum Gasteiger partial charge on any atom is 0.387 e. The van der Waals surface area contributed by atoms with Gasteiger partial charge in [0.25, 0.3) is 0 Å². The summed E-state index contributed by atoms with van der Waals surface area (Å²) in [6.07, 6.45) is 2.95. The van der Waals surface area contributed by atoms with E-state index in [1.165, 1.54) is 24.3 Å². The van der Waals surface area contributed by atoms with Gasteiger partial charge in [-0.3, -0.25) is 9.79 Å². The first-order valence-electron chi connectivity index (χ1n) is 8.98. The van der Waals surface area contributed by atoms with Gasteiger partial charge in [0.1, 0.15) is 11.6 Å². The number of rotatable bonds is 6. The molecule has 1 aliphatic heterocycles. The Morgan fingerprint density at radius 2 is 1.96 bits per heavy atom. The first-order valence-corrected chi connectivity index (χ1v) is 8.98. The maximum absolute atomic E-state index is 12.8. The number of hydrogen-bond acceptors (Lipinski definition) is 4. The first-order chi connectivity index (χ1) is 13.0. The molecule has 142 valence electrons. The number of aliphatic imine (C=N–C) groups is 1. The van der Waals surface area contributed by atoms with Crippen molar-refractivity contribution in [2.45, 2.75) is 32.8 Å². The number of benzene rings is 2. The molecule has 0 bridgehead atoms. The van der Waals surface area contributed by atoms with Gasteiger partial charge in [0.15, 0.2) is 5.78 Å². The topological polar surface area (TPSA) is 41.9 Å². The highest BCUT2D eigenvalue weighted by Gasteiger charge is 2.20. The molecule has 0 aliphatic carbocycles. The van der Waals surface area contributed by atoms with E-state index in [4.69, 9.17) is 0 Å². The Hall–Kier alpha value is -2.76. The smallest absolute Gasteiger partial charge is 0.387 e. The highest BCUT2D eigenvalue weighted by molar-refractivity contribution is 6.07. The molecule has 2 aromatic carbocycles. The van der Waals surface area contributed by atoms with Gasteiger partial charge in [-0.1, -0.05) is 12.1 Å². The van der Waals surface area contributed by atoms with Crippen LogP contribution in [0.25, 0.3) is 0 Å². The van der Waals surface area contributed by atoms with E-state index in [1.807, 2.05) is 36.1 Å². The molecule has 0 radical (unpaired) electrons. The van der Waals surface area contributed by atoms with Crippen LogP contribution in [0, 0.1) is 6.92 Å². The van der Waals surface area contributed by atoms with Gasteiger partial charge in [0.05, 0.1) is 6.54 Å². The summed E-state index contributed by atoms with van der Waals surface area (Å²) in [6, 6.07) is 13.8. The third-order valence-electron chi connectivity index (χ3n) is 4.43. The molecule has 27 heavy (non-hydrogen) atoms. The number of hydrogen-bond donors (Lipinski definition) is 0. The van der Waals surface area contributed by atoms with E-state index in [2.05, 4.69) is 9.73 Å². The SMILES string of the molecule is Cc1cccc(N(CC(=O)c2ccc(OC(F)F)cc2)C2=NCCCC2)c1. The normalized spacial score (nSPS) is 14.0. The average molecular weight is 372 g/mol. The van der Waals surface area contributed by atoms with Gasteiger partial charge in [-0.15, -0.1) is 0 Å². The molecular formula is C21H22F2N2O2. The standard InChI is InChI=1S/C21H22F2N2O2/c1-15-5-4-6-17(13-15)25(20-7-2-3-12-24-20)14-19(26)16-8-10-18(11-9-16)27-21(22)23/h4-6,8-11,13,21H,2-3,7,12,14H2,1H3. The van der Waals surface area contributed by atoms with Crippen molar-refractivity contribution in [2.75, 3.05) is 18.0 Å². The number of ketones is 1. The first kappa shape index (κ1) is 19.0. The summed E-state index contributed by atoms with van der Waals surface area (Å²) in [5, 5.41) is 0. The molecular weight excluding hydrogens is 350 g/mol. The molecule has 0 N–H and O–H groups in total. The zero-order chi connectivity index (χ0) is 19.2. The fourth-order valence-electron chi connectivity index (χ4n) is 3.09. The Kier molecular flexibility index (Phi) is 6.16. The van der Waals surface area contributed by atoms with E-state index in [-0.39, 0.29) is 18.1 Å². The highest BCUT2D eigenvalue weighted by atomic mass is 19.3. The monoisotopic (exact) mass is 372 g/mol. The number of carbonyl (C=O) groups excluding carboxylic acids is 1. The summed E-state index contributed by atoms with van der Waals surface area (Å²) in [4.78, 5) is 19.4. The summed E-state index contributed by atoms with van der Waals surface area (Å²) in [5.41, 5.74) is 2.49. The van der Waals surface area contributed by atoms with Crippen LogP contribution >= 0.6 is 0 Å². The quantitative estimate of drug-likeness (QED) is 0.680. The van der Waals surface area contributed by atoms with Crippen molar-refractivity contribution in [3.8, 4) is 5.75 Å². The van der Waals surface area contributed by atoms with Crippen LogP contribution in [0.3, 0.4) is 0 Å². The molecule has 3 rings (SSSR count). The van der Waals surface area contributed by atoms with E-state index in [0.29, 0.717) is 5.56 Å². The van der Waals surface area contributed by atoms with E-state index < -0.39 is 6.61 Å². The predicted octanol–water partition coefficient (Wildman–Crippen LogP) is 4.87. The summed E-state index contributed by atoms with van der Waals surface area (Å²) in [6.45, 7) is 0.0456. The summed E-state index contributed by atoms with van der Waals surface area (Å²) in [5.74, 6) is 0.847. The minimum atomic E-state index is -2.88. The Labute approximate surface area is 157 Å². The average Bonchev–Trinajstić information content (AvgIpc) is 2.66. The lowest BCUT2D eigenvalue weighted by atomic mass is 10.1. The Morgan fingerprint density at radius 1 is 1.19 bits per heavy atom. The molecule has 0 aromatic heterocycles. The third kappa shape index (κ3) is 5.12. The van der Waals surface area contributed by atoms with Crippen LogP contribution in [0.1, 0.15) is 35.2 Å². The molecule has 6 heteroatoms. The molecule has 0 spiro atoms. The Balaban J connectivity index is 1.81. The fraction of sp³-hybridized carbons (Fsp3) is 0.333. The van der Waals surface area contributed by atoms with Crippen molar-refractivity contribution in [1.82, 2.24) is 0 Å². The van der Waals surface area contributed by atoms with Gasteiger partial charge in [-0.05, 0) is 61.7 Å². The molecule has 0 fully saturated rings. The molecule has 0 amide bonds. The van der Waals surface area contributed by atoms with Gasteiger partial charge in [-0.2, -0.15) is 8.78 Å². The van der Waals surface area contributed by atoms with Crippen LogP contribution in [0.5, 0.6) is 5.75 Å². The predicted molar refractivity (Wildman–Crippen MR) is 102 cm³/mol. The molecule has 2 aromatic rings. The second kappa shape index (κ2) is 8.75. The van der Waals surface area contributed by atoms with Crippen molar-refractivity contribution in [2.24, 2.45) is 4.99 Å². The van der Waals surface area contributed by atoms with Crippen molar-refractivity contribution in [3.05, 3.63) is 59.7 Å². The minimum absolute atomic E-state index is 0.0359. The van der Waals surface area contributed by atoms with Gasteiger partial charge >= 0.3 is 6.61 Å². The van der Waals surface area contributed by atoms with Crippen LogP contribution in [0.15, 0.2) is 53.5 Å². The lowest BCUT2D eigenvalue weighted by molar-refractivity contribution is -0.0498. The lowest BCUT2D eigenvalue weighted by Gasteiger charge is -2.28. The molecule has 1 aliphatic rings. The molecule has 0 saturated carbocycles. The number of aryl methyl sites for hydroxylation is 1. The molecule has 1 heterocycles. The second-order valence-electron chi connectivity index (χ2n) is 6.51. The van der Waals surface area contributed by atoms with Crippen LogP contribution in [-0.2, 0) is 0 Å². The number of Topliss-reactive ketones (excluding diaryl/α,β-unsaturated/α-hetero) is 1. The summed E-state index contributed by atoms with van der Waals surface area (Å²) < 4.78 is 28.9. The number of alkyl halides is 2. The van der Waals surface area contributed by atoms with E-state index in [1.54, 1.807) is 0 Å². The van der Waals surface area contributed by atoms with Crippen molar-refractivity contribution < 1.29 is 18.3 Å². The van der Waals surface area contributed by atoms with Crippen LogP contribution in [0.4, 0.5) is 14.5 Å². The van der Waals surface area contributed by atoms with Crippen molar-refractivity contribution in [1.29, 1.82) is 0 Å². The van der Waals surface area contributed by atoms with Crippen LogP contribution < -0.4 is 9.64 Å². The molecule has 0 saturated heterocycles. The number of nitrogens with zero attached hydrogens (tertiary/aromatic N) is 2. The Bertz CT molecular complexity index is 819. The van der Waals surface area contributed by atoms with E-state index >= 15 is 0 Å². The summed E-state index contributed by atoms with van der Waals surface area (Å²) in [7, 11) is 0. The third-order valence-corrected chi connectivity index (χ3v) is 4.43. The minimum Gasteiger partial charge on any atom is -0.435 e. The zero-order valence-corrected chi connectivity index (χ0v) is 15.2. The van der Waals surface area contributed by atoms with Gasteiger partial charge in [-0.25, -0.2) is 0 Å². The van der Waals surface area contributed by atoms with Crippen molar-refractivity contribution in [3.63, 3.8) is 0 Å². The van der Waals surface area contributed by atoms with Gasteiger partial charge in [0, 0.05) is 24.2 Å². The van der Waals surface area contributed by atoms with Crippen molar-refractivity contribution >= 4 is 17.3 Å². The highest BCUT2D eigenvalue weighted by Crippen LogP contribution is 2.22. The van der Waals surface area contributed by atoms with Crippen LogP contribution in [-0.4, -0.2) is 31.3 Å². The summed E-state index contributed by atoms with van der Waals surface area (Å²) >= 11 is 0. The number of anilines is 1. The van der Waals surface area contributed by atoms with Gasteiger partial charge < -0.3 is 9.64 Å². The number of amidine groups is 1. The molecule has 4 nitrogen and oxygen atoms in total. The maximum atomic E-state index is 12.8. The zero-order valence-electron chi connectivity index (χ0n) is 15.2. The number of carbonyl (C=O) groups is 1. The van der Waals surface area contributed by atoms with Crippen LogP contribution in [0.2, 0.25) is 0 Å². The second-order valence-corrected chi connectivity index (χ2v) is 6.51. The van der Waals surface area contributed by atoms with Gasteiger partial charge in [0.2, 0.25) is 0 Å². The number of halogens is 2.